The van der Waals surface area contributed by atoms with Gasteiger partial charge >= 0.3 is 6.18 Å². The summed E-state index contributed by atoms with van der Waals surface area (Å²) in [7, 11) is 1.72. The van der Waals surface area contributed by atoms with Gasteiger partial charge in [0.1, 0.15) is 12.2 Å². The van der Waals surface area contributed by atoms with Crippen molar-refractivity contribution >= 4 is 40.9 Å². The van der Waals surface area contributed by atoms with E-state index < -0.39 is 23.6 Å². The van der Waals surface area contributed by atoms with Crippen LogP contribution in [0.4, 0.5) is 30.2 Å². The zero-order valence-corrected chi connectivity index (χ0v) is 18.8. The molecule has 33 heavy (non-hydrogen) atoms. The van der Waals surface area contributed by atoms with E-state index in [-0.39, 0.29) is 5.69 Å². The maximum absolute atomic E-state index is 13.7. The molecule has 8 heteroatoms. The Balaban J connectivity index is 2.24. The molecule has 0 aromatic heterocycles. The first-order valence-electron chi connectivity index (χ1n) is 10.2. The smallest absolute Gasteiger partial charge is 0.373 e. The van der Waals surface area contributed by atoms with Crippen LogP contribution in [0, 0.1) is 0 Å². The zero-order valence-electron chi connectivity index (χ0n) is 18.0. The van der Waals surface area contributed by atoms with Crippen molar-refractivity contribution in [1.82, 2.24) is 0 Å². The van der Waals surface area contributed by atoms with Gasteiger partial charge in [0.05, 0.1) is 16.9 Å². The van der Waals surface area contributed by atoms with Crippen LogP contribution in [0.1, 0.15) is 24.0 Å². The molecule has 3 aromatic rings. The van der Waals surface area contributed by atoms with E-state index in [0.29, 0.717) is 34.8 Å². The lowest BCUT2D eigenvalue weighted by Crippen LogP contribution is -2.33. The molecule has 3 aromatic carbocycles. The molecule has 0 heterocycles. The predicted octanol–water partition coefficient (Wildman–Crippen LogP) is 6.46. The third-order valence-electron chi connectivity index (χ3n) is 5.30. The Labute approximate surface area is 195 Å². The van der Waals surface area contributed by atoms with Crippen molar-refractivity contribution in [3.8, 4) is 0 Å². The first kappa shape index (κ1) is 24.3. The first-order chi connectivity index (χ1) is 15.7. The van der Waals surface area contributed by atoms with Gasteiger partial charge in [0.25, 0.3) is 0 Å². The lowest BCUT2D eigenvalue weighted by molar-refractivity contribution is -0.137. The third-order valence-corrected chi connectivity index (χ3v) is 5.55. The van der Waals surface area contributed by atoms with Gasteiger partial charge in [-0.25, -0.2) is 0 Å². The minimum atomic E-state index is -4.61. The molecule has 1 atom stereocenters. The van der Waals surface area contributed by atoms with Crippen LogP contribution in [0.25, 0.3) is 0 Å². The molecular formula is C25H22ClF3N2O2. The normalized spacial score (nSPS) is 12.2. The lowest BCUT2D eigenvalue weighted by atomic mass is 9.98. The summed E-state index contributed by atoms with van der Waals surface area (Å²) in [6.45, 7) is 2.33. The predicted molar refractivity (Wildman–Crippen MR) is 124 cm³/mol. The van der Waals surface area contributed by atoms with E-state index in [1.165, 1.54) is 11.0 Å². The molecule has 0 radical (unpaired) electrons. The molecule has 0 saturated carbocycles. The van der Waals surface area contributed by atoms with E-state index in [0.717, 1.165) is 12.1 Å². The van der Waals surface area contributed by atoms with Crippen molar-refractivity contribution in [3.05, 3.63) is 88.9 Å². The number of para-hydroxylation sites is 1. The highest BCUT2D eigenvalue weighted by Gasteiger charge is 2.35. The first-order valence-corrected chi connectivity index (χ1v) is 10.6. The fraction of sp³-hybridized carbons (Fsp3) is 0.200. The maximum Gasteiger partial charge on any atom is 0.416 e. The van der Waals surface area contributed by atoms with Gasteiger partial charge in [0.2, 0.25) is 5.91 Å². The highest BCUT2D eigenvalue weighted by molar-refractivity contribution is 6.30. The fourth-order valence-corrected chi connectivity index (χ4v) is 3.55. The van der Waals surface area contributed by atoms with Gasteiger partial charge in [0.15, 0.2) is 0 Å². The summed E-state index contributed by atoms with van der Waals surface area (Å²) in [6, 6.07) is 17.7. The fourth-order valence-electron chi connectivity index (χ4n) is 3.42. The molecule has 0 saturated heterocycles. The van der Waals surface area contributed by atoms with Crippen molar-refractivity contribution in [2.45, 2.75) is 19.0 Å². The molecule has 3 rings (SSSR count). The number of amides is 1. The summed E-state index contributed by atoms with van der Waals surface area (Å²) in [5, 5.41) is 0.431. The highest BCUT2D eigenvalue weighted by Crippen LogP contribution is 2.41. The number of rotatable bonds is 7. The minimum Gasteiger partial charge on any atom is -0.373 e. The monoisotopic (exact) mass is 474 g/mol. The number of anilines is 3. The molecule has 0 fully saturated rings. The number of nitrogens with zero attached hydrogens (tertiary/aromatic N) is 2. The van der Waals surface area contributed by atoms with Gasteiger partial charge in [0, 0.05) is 24.3 Å². The van der Waals surface area contributed by atoms with Crippen LogP contribution < -0.4 is 9.80 Å². The third kappa shape index (κ3) is 5.37. The molecule has 1 amide bonds. The van der Waals surface area contributed by atoms with Gasteiger partial charge in [-0.05, 0) is 55.0 Å². The van der Waals surface area contributed by atoms with Gasteiger partial charge in [-0.3, -0.25) is 9.69 Å². The summed E-state index contributed by atoms with van der Waals surface area (Å²) < 4.78 is 40.8. The molecule has 0 aliphatic rings. The minimum absolute atomic E-state index is 0.0335. The van der Waals surface area contributed by atoms with Crippen LogP contribution in [0.3, 0.4) is 0 Å². The van der Waals surface area contributed by atoms with Crippen LogP contribution in [-0.2, 0) is 15.8 Å². The number of alkyl halides is 3. The second-order valence-corrected chi connectivity index (χ2v) is 7.83. The van der Waals surface area contributed by atoms with E-state index in [2.05, 4.69) is 0 Å². The Hall–Kier alpha value is -3.32. The largest absolute Gasteiger partial charge is 0.416 e. The number of carbonyl (C=O) groups is 2. The highest BCUT2D eigenvalue weighted by atomic mass is 35.5. The molecule has 0 aliphatic carbocycles. The van der Waals surface area contributed by atoms with Gasteiger partial charge in [-0.2, -0.15) is 13.2 Å². The van der Waals surface area contributed by atoms with Crippen LogP contribution in [0.5, 0.6) is 0 Å². The van der Waals surface area contributed by atoms with Crippen LogP contribution >= 0.6 is 11.6 Å². The molecule has 0 spiro atoms. The summed E-state index contributed by atoms with van der Waals surface area (Å²) in [5.41, 5.74) is 0.286. The van der Waals surface area contributed by atoms with Crippen molar-refractivity contribution in [2.24, 2.45) is 0 Å². The Morgan fingerprint density at radius 3 is 2.18 bits per heavy atom. The summed E-state index contributed by atoms with van der Waals surface area (Å²) in [5.74, 6) is -1.92. The summed E-state index contributed by atoms with van der Waals surface area (Å²) in [4.78, 5) is 28.7. The van der Waals surface area contributed by atoms with Crippen LogP contribution in [-0.4, -0.2) is 25.8 Å². The molecule has 0 aliphatic heterocycles. The van der Waals surface area contributed by atoms with E-state index in [1.54, 1.807) is 66.5 Å². The standard InChI is InChI=1S/C25H22ClF3N2O2/c1-3-30(2)22-14-11-18(25(27,28)29)15-23(22)31(20-7-5-4-6-8-20)24(33)21(16-32)17-9-12-19(26)13-10-17/h4-16,21H,3H2,1-2H3. The summed E-state index contributed by atoms with van der Waals surface area (Å²) in [6.07, 6.45) is -4.12. The van der Waals surface area contributed by atoms with Crippen LogP contribution in [0.2, 0.25) is 5.02 Å². The van der Waals surface area contributed by atoms with Gasteiger partial charge in [-0.15, -0.1) is 0 Å². The van der Waals surface area contributed by atoms with Gasteiger partial charge < -0.3 is 9.69 Å². The molecular weight excluding hydrogens is 453 g/mol. The van der Waals surface area contributed by atoms with Crippen molar-refractivity contribution in [2.75, 3.05) is 23.4 Å². The SMILES string of the molecule is CCN(C)c1ccc(C(F)(F)F)cc1N(C(=O)C(C=O)c1ccc(Cl)cc1)c1ccccc1. The van der Waals surface area contributed by atoms with Gasteiger partial charge in [-0.1, -0.05) is 41.9 Å². The number of hydrogen-bond donors (Lipinski definition) is 0. The molecule has 0 bridgehead atoms. The van der Waals surface area contributed by atoms with E-state index in [4.69, 9.17) is 11.6 Å². The van der Waals surface area contributed by atoms with Crippen LogP contribution in [0.15, 0.2) is 72.8 Å². The lowest BCUT2D eigenvalue weighted by Gasteiger charge is -2.31. The Morgan fingerprint density at radius 1 is 1.00 bits per heavy atom. The Morgan fingerprint density at radius 2 is 1.64 bits per heavy atom. The number of aldehydes is 1. The average Bonchev–Trinajstić information content (AvgIpc) is 2.80. The van der Waals surface area contributed by atoms with E-state index in [1.807, 2.05) is 6.92 Å². The maximum atomic E-state index is 13.7. The van der Waals surface area contributed by atoms with E-state index in [9.17, 15) is 22.8 Å². The van der Waals surface area contributed by atoms with E-state index >= 15 is 0 Å². The summed E-state index contributed by atoms with van der Waals surface area (Å²) >= 11 is 5.93. The van der Waals surface area contributed by atoms with Crippen molar-refractivity contribution in [3.63, 3.8) is 0 Å². The second-order valence-electron chi connectivity index (χ2n) is 7.39. The molecule has 1 unspecified atom stereocenters. The number of halogens is 4. The topological polar surface area (TPSA) is 40.6 Å². The second kappa shape index (κ2) is 10.1. The molecule has 0 N–H and O–H groups in total. The Bertz CT molecular complexity index is 1120. The molecule has 172 valence electrons. The molecule has 4 nitrogen and oxygen atoms in total. The van der Waals surface area contributed by atoms with Crippen molar-refractivity contribution < 1.29 is 22.8 Å². The number of hydrogen-bond acceptors (Lipinski definition) is 3. The van der Waals surface area contributed by atoms with Crippen molar-refractivity contribution in [1.29, 1.82) is 0 Å². The zero-order chi connectivity index (χ0) is 24.2. The Kier molecular flexibility index (Phi) is 7.43. The number of benzene rings is 3. The average molecular weight is 475 g/mol. The number of carbonyl (C=O) groups excluding carboxylic acids is 2. The quantitative estimate of drug-likeness (QED) is 0.291.